The molecule has 2 heterocycles. The fraction of sp³-hybridized carbons (Fsp3) is 0.391. The molecule has 0 spiro atoms. The van der Waals surface area contributed by atoms with E-state index in [0.29, 0.717) is 22.0 Å². The minimum Gasteiger partial charge on any atom is -0.538 e. The topological polar surface area (TPSA) is 118 Å². The number of methoxy groups -OCH3 is 2. The number of amides is 1. The number of esters is 1. The van der Waals surface area contributed by atoms with E-state index in [1.807, 2.05) is 0 Å². The summed E-state index contributed by atoms with van der Waals surface area (Å²) < 4.78 is 16.3. The largest absolute Gasteiger partial charge is 0.538 e. The lowest BCUT2D eigenvalue weighted by Crippen LogP contribution is -2.35. The van der Waals surface area contributed by atoms with Crippen LogP contribution in [-0.2, 0) is 22.4 Å². The number of aromatic nitrogens is 2. The Balaban J connectivity index is 1.50. The third kappa shape index (κ3) is 5.20. The van der Waals surface area contributed by atoms with Gasteiger partial charge in [0, 0.05) is 17.0 Å². The number of benzene rings is 1. The van der Waals surface area contributed by atoms with Gasteiger partial charge in [-0.25, -0.2) is 4.79 Å². The summed E-state index contributed by atoms with van der Waals surface area (Å²) in [5, 5.41) is 19.5. The number of rotatable bonds is 7. The van der Waals surface area contributed by atoms with Gasteiger partial charge in [0.2, 0.25) is 11.6 Å². The van der Waals surface area contributed by atoms with E-state index < -0.39 is 11.9 Å². The zero-order valence-electron chi connectivity index (χ0n) is 18.9. The van der Waals surface area contributed by atoms with Crippen molar-refractivity contribution in [3.63, 3.8) is 0 Å². The van der Waals surface area contributed by atoms with Crippen molar-refractivity contribution in [3.05, 3.63) is 40.3 Å². The smallest absolute Gasteiger partial charge is 0.341 e. The molecule has 4 rings (SSSR count). The van der Waals surface area contributed by atoms with E-state index in [2.05, 4.69) is 10.6 Å². The van der Waals surface area contributed by atoms with E-state index >= 15 is 0 Å². The SMILES string of the molecule is COC(=O)c1c(NC(=O)CSc2c([O-])on[n+]2-c2ccc(OC)cc2)sc2c1CCCCCC2. The maximum atomic E-state index is 12.8. The Morgan fingerprint density at radius 1 is 1.18 bits per heavy atom. The molecular weight excluding hydrogens is 478 g/mol. The van der Waals surface area contributed by atoms with Gasteiger partial charge < -0.3 is 24.4 Å². The van der Waals surface area contributed by atoms with Crippen LogP contribution in [0.3, 0.4) is 0 Å². The molecule has 0 saturated carbocycles. The Kier molecular flexibility index (Phi) is 7.73. The molecule has 0 atom stereocenters. The first-order valence-corrected chi connectivity index (χ1v) is 12.7. The number of hydrogen-bond acceptors (Lipinski definition) is 9. The molecule has 9 nitrogen and oxygen atoms in total. The Morgan fingerprint density at radius 2 is 1.91 bits per heavy atom. The highest BCUT2D eigenvalue weighted by molar-refractivity contribution is 7.99. The number of thiophene rings is 1. The van der Waals surface area contributed by atoms with Crippen molar-refractivity contribution in [1.29, 1.82) is 0 Å². The van der Waals surface area contributed by atoms with E-state index in [0.717, 1.165) is 60.7 Å². The zero-order valence-corrected chi connectivity index (χ0v) is 20.6. The lowest BCUT2D eigenvalue weighted by molar-refractivity contribution is -0.705. The maximum absolute atomic E-state index is 12.8. The number of nitrogens with zero attached hydrogens (tertiary/aromatic N) is 2. The Hall–Kier alpha value is -3.05. The first kappa shape index (κ1) is 24.1. The fourth-order valence-electron chi connectivity index (χ4n) is 3.87. The molecule has 1 aliphatic rings. The predicted molar refractivity (Wildman–Crippen MR) is 125 cm³/mol. The van der Waals surface area contributed by atoms with Crippen LogP contribution in [0.1, 0.15) is 46.5 Å². The van der Waals surface area contributed by atoms with Gasteiger partial charge in [-0.2, -0.15) is 0 Å². The number of nitrogens with one attached hydrogen (secondary N) is 1. The highest BCUT2D eigenvalue weighted by Crippen LogP contribution is 2.37. The molecule has 34 heavy (non-hydrogen) atoms. The summed E-state index contributed by atoms with van der Waals surface area (Å²) in [6, 6.07) is 6.93. The van der Waals surface area contributed by atoms with E-state index in [9.17, 15) is 14.7 Å². The normalized spacial score (nSPS) is 13.5. The maximum Gasteiger partial charge on any atom is 0.341 e. The minimum absolute atomic E-state index is 0.0597. The van der Waals surface area contributed by atoms with Gasteiger partial charge in [0.15, 0.2) is 5.95 Å². The van der Waals surface area contributed by atoms with Crippen LogP contribution in [0.4, 0.5) is 5.00 Å². The van der Waals surface area contributed by atoms with Crippen LogP contribution in [0.2, 0.25) is 0 Å². The molecule has 11 heteroatoms. The number of thioether (sulfide) groups is 1. The lowest BCUT2D eigenvalue weighted by atomic mass is 9.96. The van der Waals surface area contributed by atoms with Gasteiger partial charge in [0.25, 0.3) is 5.03 Å². The number of hydrogen-bond donors (Lipinski definition) is 1. The molecule has 180 valence electrons. The zero-order chi connectivity index (χ0) is 24.1. The molecule has 1 amide bonds. The molecule has 0 saturated heterocycles. The first-order chi connectivity index (χ1) is 16.5. The van der Waals surface area contributed by atoms with Crippen molar-refractivity contribution in [2.75, 3.05) is 25.3 Å². The van der Waals surface area contributed by atoms with E-state index in [1.165, 1.54) is 23.1 Å². The molecule has 3 aromatic rings. The van der Waals surface area contributed by atoms with Crippen molar-refractivity contribution in [2.24, 2.45) is 0 Å². The highest BCUT2D eigenvalue weighted by Gasteiger charge is 2.27. The van der Waals surface area contributed by atoms with Gasteiger partial charge in [-0.15, -0.1) is 11.3 Å². The molecule has 1 N–H and O–H groups in total. The van der Waals surface area contributed by atoms with Crippen molar-refractivity contribution in [1.82, 2.24) is 5.27 Å². The van der Waals surface area contributed by atoms with Gasteiger partial charge in [-0.05, 0) is 59.8 Å². The minimum atomic E-state index is -0.636. The molecule has 1 aliphatic carbocycles. The Labute approximate surface area is 205 Å². The van der Waals surface area contributed by atoms with Crippen LogP contribution < -0.4 is 19.8 Å². The molecule has 0 bridgehead atoms. The van der Waals surface area contributed by atoms with Crippen LogP contribution in [0.5, 0.6) is 11.7 Å². The fourth-order valence-corrected chi connectivity index (χ4v) is 5.92. The second-order valence-corrected chi connectivity index (χ2v) is 9.80. The Bertz CT molecular complexity index is 1170. The third-order valence-electron chi connectivity index (χ3n) is 5.54. The van der Waals surface area contributed by atoms with E-state index in [-0.39, 0.29) is 16.7 Å². The third-order valence-corrected chi connectivity index (χ3v) is 7.77. The molecule has 1 aromatic carbocycles. The summed E-state index contributed by atoms with van der Waals surface area (Å²) in [7, 11) is 2.91. The molecule has 2 aromatic heterocycles. The number of anilines is 1. The monoisotopic (exact) mass is 503 g/mol. The summed E-state index contributed by atoms with van der Waals surface area (Å²) in [5.74, 6) is -0.820. The second kappa shape index (κ2) is 10.9. The quantitative estimate of drug-likeness (QED) is 0.297. The van der Waals surface area contributed by atoms with Crippen LogP contribution in [0.25, 0.3) is 5.69 Å². The number of carbonyl (C=O) groups is 2. The van der Waals surface area contributed by atoms with Crippen LogP contribution in [0.15, 0.2) is 33.8 Å². The van der Waals surface area contributed by atoms with Crippen molar-refractivity contribution < 1.29 is 33.4 Å². The summed E-state index contributed by atoms with van der Waals surface area (Å²) in [6.07, 6.45) is 6.02. The first-order valence-electron chi connectivity index (χ1n) is 10.9. The van der Waals surface area contributed by atoms with E-state index in [1.54, 1.807) is 31.4 Å². The predicted octanol–water partition coefficient (Wildman–Crippen LogP) is 3.27. The van der Waals surface area contributed by atoms with Crippen molar-refractivity contribution in [2.45, 2.75) is 43.6 Å². The van der Waals surface area contributed by atoms with Gasteiger partial charge in [-0.3, -0.25) is 4.79 Å². The molecule has 0 aliphatic heterocycles. The van der Waals surface area contributed by atoms with Gasteiger partial charge >= 0.3 is 5.97 Å². The highest BCUT2D eigenvalue weighted by atomic mass is 32.2. The van der Waals surface area contributed by atoms with Crippen LogP contribution >= 0.6 is 23.1 Å². The second-order valence-electron chi connectivity index (χ2n) is 7.73. The summed E-state index contributed by atoms with van der Waals surface area (Å²) in [6.45, 7) is 0. The Morgan fingerprint density at radius 3 is 2.62 bits per heavy atom. The lowest BCUT2D eigenvalue weighted by Gasteiger charge is -2.10. The molecule has 0 unspecified atom stereocenters. The number of ether oxygens (including phenoxy) is 2. The average Bonchev–Trinajstić information content (AvgIpc) is 3.36. The summed E-state index contributed by atoms with van der Waals surface area (Å²) in [5.41, 5.74) is 2.03. The van der Waals surface area contributed by atoms with Crippen LogP contribution in [0, 0.1) is 0 Å². The summed E-state index contributed by atoms with van der Waals surface area (Å²) in [4.78, 5) is 26.5. The summed E-state index contributed by atoms with van der Waals surface area (Å²) >= 11 is 2.45. The van der Waals surface area contributed by atoms with Crippen LogP contribution in [-0.4, -0.2) is 37.1 Å². The molecule has 0 radical (unpaired) electrons. The number of carbonyl (C=O) groups excluding carboxylic acids is 2. The van der Waals surface area contributed by atoms with Crippen molar-refractivity contribution in [3.8, 4) is 17.4 Å². The van der Waals surface area contributed by atoms with Crippen molar-refractivity contribution >= 4 is 40.0 Å². The standard InChI is InChI=1S/C23H25N3O6S2/c1-30-15-11-9-14(10-12-15)26-21(23(29)32-25-26)33-13-18(27)24-20-19(22(28)31-2)16-7-5-3-4-6-8-17(16)34-20/h9-12H,3-8,13H2,1-2H3,(H-,24,25,27,28,29). The van der Waals surface area contributed by atoms with E-state index in [4.69, 9.17) is 14.0 Å². The van der Waals surface area contributed by atoms with Gasteiger partial charge in [-0.1, -0.05) is 12.8 Å². The van der Waals surface area contributed by atoms with Gasteiger partial charge in [0.05, 0.1) is 30.8 Å². The number of fused-ring (bicyclic) bond motifs is 1. The molecular formula is C23H25N3O6S2. The molecule has 0 fully saturated rings. The van der Waals surface area contributed by atoms with Gasteiger partial charge in [0.1, 0.15) is 10.8 Å². The number of aryl methyl sites for hydroxylation is 1. The average molecular weight is 504 g/mol.